The Hall–Kier alpha value is -1.30. The van der Waals surface area contributed by atoms with Crippen LogP contribution in [0.4, 0.5) is 8.78 Å². The van der Waals surface area contributed by atoms with E-state index < -0.39 is 11.6 Å². The smallest absolute Gasteiger partial charge is 0.191 e. The summed E-state index contributed by atoms with van der Waals surface area (Å²) in [6.07, 6.45) is 0.587. The number of morpholine rings is 1. The van der Waals surface area contributed by atoms with Gasteiger partial charge in [-0.05, 0) is 48.6 Å². The number of hydrogen-bond acceptors (Lipinski definition) is 4. The molecule has 9 heteroatoms. The highest BCUT2D eigenvalue weighted by molar-refractivity contribution is 14.0. The monoisotopic (exact) mass is 550 g/mol. The first kappa shape index (κ1) is 25.0. The van der Waals surface area contributed by atoms with Crippen molar-refractivity contribution in [2.45, 2.75) is 25.5 Å². The summed E-state index contributed by atoms with van der Waals surface area (Å²) in [4.78, 5) is 7.99. The van der Waals surface area contributed by atoms with E-state index in [0.29, 0.717) is 31.0 Å². The highest BCUT2D eigenvalue weighted by atomic mass is 127. The molecule has 1 aliphatic heterocycles. The Kier molecular flexibility index (Phi) is 10.4. The van der Waals surface area contributed by atoms with Crippen molar-refractivity contribution in [3.05, 3.63) is 57.8 Å². The fraction of sp³-hybridized carbons (Fsp3) is 0.476. The molecule has 1 aliphatic rings. The third-order valence-electron chi connectivity index (χ3n) is 4.97. The third kappa shape index (κ3) is 7.14. The van der Waals surface area contributed by atoms with Gasteiger partial charge < -0.3 is 15.4 Å². The van der Waals surface area contributed by atoms with Crippen LogP contribution in [0.15, 0.2) is 40.7 Å². The van der Waals surface area contributed by atoms with Crippen molar-refractivity contribution in [1.29, 1.82) is 0 Å². The SMILES string of the molecule is CN=C(NCCc1cc(F)ccc1F)NCC(c1cccs1)N1CCOC(C)C1.I. The predicted octanol–water partition coefficient (Wildman–Crippen LogP) is 3.81. The van der Waals surface area contributed by atoms with Crippen molar-refractivity contribution < 1.29 is 13.5 Å². The van der Waals surface area contributed by atoms with E-state index in [1.165, 1.54) is 10.9 Å². The first-order chi connectivity index (χ1) is 14.1. The zero-order chi connectivity index (χ0) is 20.6. The average molecular weight is 550 g/mol. The van der Waals surface area contributed by atoms with Gasteiger partial charge in [0.1, 0.15) is 11.6 Å². The van der Waals surface area contributed by atoms with Crippen LogP contribution in [0.3, 0.4) is 0 Å². The van der Waals surface area contributed by atoms with Crippen LogP contribution in [0.25, 0.3) is 0 Å². The molecule has 0 saturated carbocycles. The van der Waals surface area contributed by atoms with Gasteiger partial charge in [-0.3, -0.25) is 9.89 Å². The zero-order valence-electron chi connectivity index (χ0n) is 17.2. The number of rotatable bonds is 7. The Morgan fingerprint density at radius 2 is 2.17 bits per heavy atom. The van der Waals surface area contributed by atoms with Gasteiger partial charge in [-0.15, -0.1) is 35.3 Å². The number of benzene rings is 1. The van der Waals surface area contributed by atoms with Gasteiger partial charge in [0.15, 0.2) is 5.96 Å². The van der Waals surface area contributed by atoms with Crippen molar-refractivity contribution in [1.82, 2.24) is 15.5 Å². The molecule has 0 bridgehead atoms. The number of aliphatic imine (C=N–C) groups is 1. The molecule has 1 fully saturated rings. The van der Waals surface area contributed by atoms with Gasteiger partial charge in [0.25, 0.3) is 0 Å². The van der Waals surface area contributed by atoms with Crippen molar-refractivity contribution in [2.75, 3.05) is 39.8 Å². The number of ether oxygens (including phenoxy) is 1. The molecule has 0 aliphatic carbocycles. The third-order valence-corrected chi connectivity index (χ3v) is 5.94. The molecule has 1 saturated heterocycles. The van der Waals surface area contributed by atoms with Gasteiger partial charge in [0.2, 0.25) is 0 Å². The van der Waals surface area contributed by atoms with Crippen molar-refractivity contribution in [3.8, 4) is 0 Å². The van der Waals surface area contributed by atoms with Gasteiger partial charge in [-0.1, -0.05) is 6.07 Å². The molecule has 2 atom stereocenters. The van der Waals surface area contributed by atoms with E-state index in [2.05, 4.69) is 45.0 Å². The summed E-state index contributed by atoms with van der Waals surface area (Å²) in [6.45, 7) is 5.75. The first-order valence-electron chi connectivity index (χ1n) is 9.84. The van der Waals surface area contributed by atoms with Crippen LogP contribution in [0.5, 0.6) is 0 Å². The number of hydrogen-bond donors (Lipinski definition) is 2. The highest BCUT2D eigenvalue weighted by Crippen LogP contribution is 2.26. The maximum atomic E-state index is 13.8. The van der Waals surface area contributed by atoms with Crippen LogP contribution in [-0.4, -0.2) is 56.8 Å². The molecule has 1 aromatic carbocycles. The van der Waals surface area contributed by atoms with E-state index in [1.807, 2.05) is 0 Å². The number of nitrogens with one attached hydrogen (secondary N) is 2. The largest absolute Gasteiger partial charge is 0.376 e. The summed E-state index contributed by atoms with van der Waals surface area (Å²) >= 11 is 1.74. The fourth-order valence-corrected chi connectivity index (χ4v) is 4.34. The van der Waals surface area contributed by atoms with E-state index >= 15 is 0 Å². The normalized spacial score (nSPS) is 18.5. The summed E-state index contributed by atoms with van der Waals surface area (Å²) in [5, 5.41) is 8.65. The highest BCUT2D eigenvalue weighted by Gasteiger charge is 2.26. The van der Waals surface area contributed by atoms with Crippen LogP contribution in [-0.2, 0) is 11.2 Å². The second-order valence-corrected chi connectivity index (χ2v) is 8.05. The van der Waals surface area contributed by atoms with E-state index in [-0.39, 0.29) is 36.1 Å². The van der Waals surface area contributed by atoms with Crippen molar-refractivity contribution in [3.63, 3.8) is 0 Å². The fourth-order valence-electron chi connectivity index (χ4n) is 3.48. The van der Waals surface area contributed by atoms with Crippen LogP contribution >= 0.6 is 35.3 Å². The summed E-state index contributed by atoms with van der Waals surface area (Å²) in [7, 11) is 1.70. The lowest BCUT2D eigenvalue weighted by molar-refractivity contribution is -0.0334. The van der Waals surface area contributed by atoms with E-state index in [1.54, 1.807) is 18.4 Å². The molecule has 2 heterocycles. The molecule has 166 valence electrons. The zero-order valence-corrected chi connectivity index (χ0v) is 20.4. The van der Waals surface area contributed by atoms with Gasteiger partial charge >= 0.3 is 0 Å². The topological polar surface area (TPSA) is 48.9 Å². The molecule has 0 spiro atoms. The second-order valence-electron chi connectivity index (χ2n) is 7.07. The minimum Gasteiger partial charge on any atom is -0.376 e. The van der Waals surface area contributed by atoms with E-state index in [4.69, 9.17) is 4.74 Å². The van der Waals surface area contributed by atoms with E-state index in [9.17, 15) is 8.78 Å². The molecule has 1 aromatic heterocycles. The van der Waals surface area contributed by atoms with Crippen LogP contribution in [0.2, 0.25) is 0 Å². The van der Waals surface area contributed by atoms with Crippen LogP contribution in [0.1, 0.15) is 23.4 Å². The Morgan fingerprint density at radius 1 is 1.33 bits per heavy atom. The number of thiophene rings is 1. The molecular weight excluding hydrogens is 521 g/mol. The lowest BCUT2D eigenvalue weighted by Gasteiger charge is -2.37. The minimum absolute atomic E-state index is 0. The van der Waals surface area contributed by atoms with Crippen LogP contribution in [0, 0.1) is 11.6 Å². The number of halogens is 3. The molecule has 2 N–H and O–H groups in total. The molecule has 30 heavy (non-hydrogen) atoms. The van der Waals surface area contributed by atoms with Crippen LogP contribution < -0.4 is 10.6 Å². The van der Waals surface area contributed by atoms with Gasteiger partial charge in [-0.25, -0.2) is 8.78 Å². The minimum atomic E-state index is -0.428. The lowest BCUT2D eigenvalue weighted by atomic mass is 10.1. The Bertz CT molecular complexity index is 806. The molecular formula is C21H29F2IN4OS. The Labute approximate surface area is 197 Å². The second kappa shape index (κ2) is 12.5. The predicted molar refractivity (Wildman–Crippen MR) is 129 cm³/mol. The van der Waals surface area contributed by atoms with Crippen molar-refractivity contribution in [2.24, 2.45) is 4.99 Å². The maximum Gasteiger partial charge on any atom is 0.191 e. The Morgan fingerprint density at radius 3 is 2.87 bits per heavy atom. The summed E-state index contributed by atoms with van der Waals surface area (Å²) < 4.78 is 32.8. The average Bonchev–Trinajstić information content (AvgIpc) is 3.24. The number of guanidine groups is 1. The number of nitrogens with zero attached hydrogens (tertiary/aromatic N) is 2. The lowest BCUT2D eigenvalue weighted by Crippen LogP contribution is -2.48. The quantitative estimate of drug-likeness (QED) is 0.313. The van der Waals surface area contributed by atoms with E-state index in [0.717, 1.165) is 31.8 Å². The molecule has 0 amide bonds. The molecule has 5 nitrogen and oxygen atoms in total. The molecule has 3 rings (SSSR count). The first-order valence-corrected chi connectivity index (χ1v) is 10.7. The van der Waals surface area contributed by atoms with Crippen molar-refractivity contribution >= 4 is 41.3 Å². The molecule has 2 unspecified atom stereocenters. The molecule has 0 radical (unpaired) electrons. The summed E-state index contributed by atoms with van der Waals surface area (Å²) in [6, 6.07) is 7.97. The Balaban J connectivity index is 0.00000320. The summed E-state index contributed by atoms with van der Waals surface area (Å²) in [5.41, 5.74) is 0.353. The molecule has 2 aromatic rings. The maximum absolute atomic E-state index is 13.8. The van der Waals surface area contributed by atoms with Gasteiger partial charge in [-0.2, -0.15) is 0 Å². The summed E-state index contributed by atoms with van der Waals surface area (Å²) in [5.74, 6) is -0.178. The standard InChI is InChI=1S/C21H28F2N4OS.HI/c1-15-14-27(9-10-28-15)19(20-4-3-11-29-20)13-26-21(24-2)25-8-7-16-12-17(22)5-6-18(16)23;/h3-6,11-12,15,19H,7-10,13-14H2,1-2H3,(H2,24,25,26);1H. The van der Waals surface area contributed by atoms with Gasteiger partial charge in [0.05, 0.1) is 18.8 Å². The van der Waals surface area contributed by atoms with Gasteiger partial charge in [0, 0.05) is 38.1 Å².